The molecular weight excluding hydrogens is 414 g/mol. The SMILES string of the molecule is CCCCS(=O)(=O)N1CCC(C(=O)Nc2ccc(NS(=O)(=O)CCC)cc2)CC1. The first-order valence-corrected chi connectivity index (χ1v) is 13.3. The molecule has 0 aromatic heterocycles. The Bertz CT molecular complexity index is 875. The van der Waals surface area contributed by atoms with E-state index in [1.54, 1.807) is 31.2 Å². The first-order chi connectivity index (χ1) is 13.7. The molecule has 0 unspecified atom stereocenters. The molecule has 8 nitrogen and oxygen atoms in total. The fourth-order valence-electron chi connectivity index (χ4n) is 3.22. The van der Waals surface area contributed by atoms with Gasteiger partial charge in [-0.25, -0.2) is 21.1 Å². The number of rotatable bonds is 10. The molecule has 1 aliphatic heterocycles. The highest BCUT2D eigenvalue weighted by Gasteiger charge is 2.30. The lowest BCUT2D eigenvalue weighted by atomic mass is 9.97. The number of nitrogens with zero attached hydrogens (tertiary/aromatic N) is 1. The number of anilines is 2. The van der Waals surface area contributed by atoms with Crippen LogP contribution in [0.25, 0.3) is 0 Å². The number of piperidine rings is 1. The van der Waals surface area contributed by atoms with Gasteiger partial charge in [-0.05, 0) is 49.9 Å². The topological polar surface area (TPSA) is 113 Å². The third-order valence-corrected chi connectivity index (χ3v) is 8.32. The van der Waals surface area contributed by atoms with E-state index in [0.717, 1.165) is 6.42 Å². The van der Waals surface area contributed by atoms with E-state index in [1.807, 2.05) is 6.92 Å². The molecule has 1 fully saturated rings. The summed E-state index contributed by atoms with van der Waals surface area (Å²) in [5.41, 5.74) is 1.02. The molecule has 10 heteroatoms. The van der Waals surface area contributed by atoms with Crippen molar-refractivity contribution in [3.8, 4) is 0 Å². The van der Waals surface area contributed by atoms with Crippen LogP contribution in [0.3, 0.4) is 0 Å². The zero-order valence-electron chi connectivity index (χ0n) is 17.1. The van der Waals surface area contributed by atoms with Crippen LogP contribution >= 0.6 is 0 Å². The van der Waals surface area contributed by atoms with E-state index in [4.69, 9.17) is 0 Å². The maximum atomic E-state index is 12.5. The average Bonchev–Trinajstić information content (AvgIpc) is 2.67. The molecule has 29 heavy (non-hydrogen) atoms. The van der Waals surface area contributed by atoms with Crippen molar-refractivity contribution in [2.75, 3.05) is 34.6 Å². The van der Waals surface area contributed by atoms with Crippen LogP contribution in [0.15, 0.2) is 24.3 Å². The minimum absolute atomic E-state index is 0.0539. The minimum Gasteiger partial charge on any atom is -0.326 e. The van der Waals surface area contributed by atoms with Gasteiger partial charge in [0.05, 0.1) is 11.5 Å². The van der Waals surface area contributed by atoms with E-state index >= 15 is 0 Å². The van der Waals surface area contributed by atoms with E-state index in [2.05, 4.69) is 10.0 Å². The van der Waals surface area contributed by atoms with Crippen LogP contribution in [0.2, 0.25) is 0 Å². The third-order valence-electron chi connectivity index (χ3n) is 4.87. The summed E-state index contributed by atoms with van der Waals surface area (Å²) >= 11 is 0. The predicted molar refractivity (Wildman–Crippen MR) is 116 cm³/mol. The molecule has 2 N–H and O–H groups in total. The summed E-state index contributed by atoms with van der Waals surface area (Å²) in [5, 5.41) is 2.83. The average molecular weight is 446 g/mol. The van der Waals surface area contributed by atoms with Gasteiger partial charge in [0, 0.05) is 30.4 Å². The number of amides is 1. The highest BCUT2D eigenvalue weighted by molar-refractivity contribution is 7.92. The van der Waals surface area contributed by atoms with Gasteiger partial charge in [0.25, 0.3) is 0 Å². The van der Waals surface area contributed by atoms with Crippen LogP contribution in [0.1, 0.15) is 46.0 Å². The number of sulfonamides is 2. The van der Waals surface area contributed by atoms with Gasteiger partial charge in [0.15, 0.2) is 0 Å². The monoisotopic (exact) mass is 445 g/mol. The zero-order valence-corrected chi connectivity index (χ0v) is 18.7. The second-order valence-corrected chi connectivity index (χ2v) is 11.3. The largest absolute Gasteiger partial charge is 0.326 e. The third kappa shape index (κ3) is 7.27. The van der Waals surface area contributed by atoms with Crippen molar-refractivity contribution < 1.29 is 21.6 Å². The second kappa shape index (κ2) is 10.4. The number of unbranched alkanes of at least 4 members (excludes halogenated alkanes) is 1. The fourth-order valence-corrected chi connectivity index (χ4v) is 6.03. The van der Waals surface area contributed by atoms with E-state index in [1.165, 1.54) is 4.31 Å². The molecule has 1 aromatic rings. The molecule has 0 saturated carbocycles. The Morgan fingerprint density at radius 2 is 1.55 bits per heavy atom. The summed E-state index contributed by atoms with van der Waals surface area (Å²) in [5.74, 6) is -0.169. The van der Waals surface area contributed by atoms with Gasteiger partial charge in [0.1, 0.15) is 0 Å². The molecule has 1 aliphatic rings. The lowest BCUT2D eigenvalue weighted by Crippen LogP contribution is -2.42. The number of carbonyl (C=O) groups is 1. The Morgan fingerprint density at radius 3 is 2.10 bits per heavy atom. The van der Waals surface area contributed by atoms with E-state index in [0.29, 0.717) is 50.1 Å². The summed E-state index contributed by atoms with van der Waals surface area (Å²) in [6.45, 7) is 4.48. The summed E-state index contributed by atoms with van der Waals surface area (Å²) in [7, 11) is -6.58. The molecule has 0 aliphatic carbocycles. The van der Waals surface area contributed by atoms with E-state index in [9.17, 15) is 21.6 Å². The molecule has 0 radical (unpaired) electrons. The number of hydrogen-bond acceptors (Lipinski definition) is 5. The van der Waals surface area contributed by atoms with Crippen LogP contribution in [0.4, 0.5) is 11.4 Å². The molecular formula is C19H31N3O5S2. The Balaban J connectivity index is 1.87. The van der Waals surface area contributed by atoms with Gasteiger partial charge in [-0.3, -0.25) is 9.52 Å². The minimum atomic E-state index is -3.35. The standard InChI is InChI=1S/C19H31N3O5S2/c1-3-5-15-29(26,27)22-12-10-16(11-13-22)19(23)20-17-6-8-18(9-7-17)21-28(24,25)14-4-2/h6-9,16,21H,3-5,10-15H2,1-2H3,(H,20,23). The number of nitrogens with one attached hydrogen (secondary N) is 2. The van der Waals surface area contributed by atoms with Crippen LogP contribution in [0.5, 0.6) is 0 Å². The summed E-state index contributed by atoms with van der Waals surface area (Å²) in [4.78, 5) is 12.5. The Hall–Kier alpha value is -1.65. The van der Waals surface area contributed by atoms with E-state index < -0.39 is 20.0 Å². The Morgan fingerprint density at radius 1 is 0.966 bits per heavy atom. The lowest BCUT2D eigenvalue weighted by molar-refractivity contribution is -0.120. The summed E-state index contributed by atoms with van der Waals surface area (Å²) < 4.78 is 52.1. The Kier molecular flexibility index (Phi) is 8.47. The van der Waals surface area contributed by atoms with Crippen molar-refractivity contribution in [3.05, 3.63) is 24.3 Å². The first-order valence-electron chi connectivity index (χ1n) is 10.1. The quantitative estimate of drug-likeness (QED) is 0.575. The molecule has 1 amide bonds. The molecule has 0 spiro atoms. The lowest BCUT2D eigenvalue weighted by Gasteiger charge is -2.30. The predicted octanol–water partition coefficient (Wildman–Crippen LogP) is 2.62. The molecule has 2 rings (SSSR count). The molecule has 1 saturated heterocycles. The van der Waals surface area contributed by atoms with Crippen molar-refractivity contribution in [2.24, 2.45) is 5.92 Å². The number of hydrogen-bond donors (Lipinski definition) is 2. The molecule has 0 atom stereocenters. The zero-order chi connectivity index (χ0) is 21.5. The summed E-state index contributed by atoms with van der Waals surface area (Å²) in [6, 6.07) is 6.50. The van der Waals surface area contributed by atoms with Crippen LogP contribution < -0.4 is 10.0 Å². The van der Waals surface area contributed by atoms with Crippen LogP contribution in [-0.2, 0) is 24.8 Å². The fraction of sp³-hybridized carbons (Fsp3) is 0.632. The van der Waals surface area contributed by atoms with Crippen molar-refractivity contribution in [3.63, 3.8) is 0 Å². The second-order valence-electron chi connectivity index (χ2n) is 7.33. The summed E-state index contributed by atoms with van der Waals surface area (Å²) in [6.07, 6.45) is 2.99. The Labute approximate surface area is 174 Å². The molecule has 1 aromatic carbocycles. The number of benzene rings is 1. The number of carbonyl (C=O) groups excluding carboxylic acids is 1. The van der Waals surface area contributed by atoms with Gasteiger partial charge in [0.2, 0.25) is 26.0 Å². The highest BCUT2D eigenvalue weighted by atomic mass is 32.2. The maximum Gasteiger partial charge on any atom is 0.232 e. The van der Waals surface area contributed by atoms with Crippen LogP contribution in [0, 0.1) is 5.92 Å². The molecule has 0 bridgehead atoms. The highest BCUT2D eigenvalue weighted by Crippen LogP contribution is 2.23. The van der Waals surface area contributed by atoms with Gasteiger partial charge in [-0.15, -0.1) is 0 Å². The van der Waals surface area contributed by atoms with Crippen molar-refractivity contribution in [2.45, 2.75) is 46.0 Å². The van der Waals surface area contributed by atoms with Crippen molar-refractivity contribution >= 4 is 37.3 Å². The first kappa shape index (κ1) is 23.6. The maximum absolute atomic E-state index is 12.5. The van der Waals surface area contributed by atoms with Crippen molar-refractivity contribution in [1.29, 1.82) is 0 Å². The van der Waals surface area contributed by atoms with E-state index in [-0.39, 0.29) is 23.3 Å². The van der Waals surface area contributed by atoms with Crippen molar-refractivity contribution in [1.82, 2.24) is 4.31 Å². The van der Waals surface area contributed by atoms with Gasteiger partial charge in [-0.2, -0.15) is 0 Å². The normalized spacial score (nSPS) is 16.5. The smallest absolute Gasteiger partial charge is 0.232 e. The van der Waals surface area contributed by atoms with Crippen LogP contribution in [-0.4, -0.2) is 51.6 Å². The molecule has 1 heterocycles. The van der Waals surface area contributed by atoms with Gasteiger partial charge < -0.3 is 5.32 Å². The van der Waals surface area contributed by atoms with Gasteiger partial charge >= 0.3 is 0 Å². The van der Waals surface area contributed by atoms with Gasteiger partial charge in [-0.1, -0.05) is 20.3 Å². The molecule has 164 valence electrons.